The number of benzene rings is 2. The topological polar surface area (TPSA) is 88.9 Å². The first kappa shape index (κ1) is 24.7. The summed E-state index contributed by atoms with van der Waals surface area (Å²) in [6.45, 7) is 5.09. The Balaban J connectivity index is 1.27. The van der Waals surface area contributed by atoms with Crippen LogP contribution in [-0.4, -0.2) is 48.6 Å². The van der Waals surface area contributed by atoms with Gasteiger partial charge in [-0.25, -0.2) is 4.98 Å². The Labute approximate surface area is 229 Å². The van der Waals surface area contributed by atoms with Crippen molar-refractivity contribution >= 4 is 51.0 Å². The number of H-pyrrole nitrogens is 1. The van der Waals surface area contributed by atoms with Gasteiger partial charge in [-0.3, -0.25) is 14.9 Å². The van der Waals surface area contributed by atoms with Crippen LogP contribution in [0.1, 0.15) is 44.4 Å². The molecule has 4 heterocycles. The summed E-state index contributed by atoms with van der Waals surface area (Å²) in [5.74, 6) is 0.821. The second-order valence-corrected chi connectivity index (χ2v) is 10.5. The largest absolute Gasteiger partial charge is 0.486 e. The number of rotatable bonds is 5. The van der Waals surface area contributed by atoms with Crippen molar-refractivity contribution in [3.63, 3.8) is 0 Å². The molecule has 1 saturated heterocycles. The highest BCUT2D eigenvalue weighted by Gasteiger charge is 2.23. The first-order valence-electron chi connectivity index (χ1n) is 12.5. The third-order valence-corrected chi connectivity index (χ3v) is 7.90. The number of halogens is 2. The number of carbonyl (C=O) groups excluding carboxylic acids is 1. The molecule has 1 aliphatic heterocycles. The molecule has 0 radical (unpaired) electrons. The minimum absolute atomic E-state index is 0.141. The molecule has 6 rings (SSSR count). The van der Waals surface area contributed by atoms with E-state index in [9.17, 15) is 4.79 Å². The molecule has 0 unspecified atom stereocenters. The van der Waals surface area contributed by atoms with Gasteiger partial charge in [0.25, 0.3) is 0 Å². The molecule has 38 heavy (non-hydrogen) atoms. The van der Waals surface area contributed by atoms with Crippen LogP contribution in [0.4, 0.5) is 0 Å². The van der Waals surface area contributed by atoms with Crippen molar-refractivity contribution in [2.24, 2.45) is 0 Å². The summed E-state index contributed by atoms with van der Waals surface area (Å²) >= 11 is 12.7. The molecule has 1 aliphatic rings. The van der Waals surface area contributed by atoms with Crippen molar-refractivity contribution in [1.29, 1.82) is 0 Å². The van der Waals surface area contributed by atoms with Crippen LogP contribution in [0.2, 0.25) is 10.0 Å². The molecular formula is C28H26Cl2N6O2. The lowest BCUT2D eigenvalue weighted by molar-refractivity contribution is -0.130. The summed E-state index contributed by atoms with van der Waals surface area (Å²) in [7, 11) is 0. The Morgan fingerprint density at radius 3 is 2.61 bits per heavy atom. The van der Waals surface area contributed by atoms with Gasteiger partial charge in [-0.05, 0) is 50.1 Å². The molecule has 10 heteroatoms. The summed E-state index contributed by atoms with van der Waals surface area (Å²) in [5, 5.41) is 9.59. The molecule has 0 spiro atoms. The van der Waals surface area contributed by atoms with Gasteiger partial charge in [0.1, 0.15) is 17.5 Å². The number of carbonyl (C=O) groups is 1. The minimum Gasteiger partial charge on any atom is -0.486 e. The minimum atomic E-state index is -0.367. The Hall–Kier alpha value is -3.62. The molecule has 0 bridgehead atoms. The lowest BCUT2D eigenvalue weighted by Crippen LogP contribution is -2.37. The van der Waals surface area contributed by atoms with Gasteiger partial charge in [0.05, 0.1) is 32.9 Å². The zero-order chi connectivity index (χ0) is 26.4. The number of amides is 1. The van der Waals surface area contributed by atoms with E-state index in [0.29, 0.717) is 27.4 Å². The van der Waals surface area contributed by atoms with Crippen molar-refractivity contribution in [2.45, 2.75) is 38.8 Å². The van der Waals surface area contributed by atoms with Crippen LogP contribution >= 0.6 is 23.2 Å². The first-order valence-corrected chi connectivity index (χ1v) is 13.3. The lowest BCUT2D eigenvalue weighted by atomic mass is 10.0. The fraction of sp³-hybridized carbons (Fsp3) is 0.286. The number of ether oxygens (including phenoxy) is 1. The highest BCUT2D eigenvalue weighted by Crippen LogP contribution is 2.36. The van der Waals surface area contributed by atoms with E-state index in [0.717, 1.165) is 59.1 Å². The van der Waals surface area contributed by atoms with Crippen molar-refractivity contribution in [3.05, 3.63) is 70.7 Å². The standard InChI is InChI=1S/C28H26Cl2N6O2/c1-16(27-22(29)13-31-14-23(27)30)38-20-4-5-24-21(12-20)28(34-33-24)18-3-6-26-25(11-18)32-15-36(26)19-7-9-35(10-8-19)17(2)37/h3-6,11-16,19H,7-10H2,1-2H3,(H,33,34)/t16-/m1/s1. The van der Waals surface area contributed by atoms with Crippen molar-refractivity contribution in [1.82, 2.24) is 29.6 Å². The van der Waals surface area contributed by atoms with Gasteiger partial charge in [0.15, 0.2) is 0 Å². The number of hydrogen-bond acceptors (Lipinski definition) is 5. The lowest BCUT2D eigenvalue weighted by Gasteiger charge is -2.32. The molecule has 194 valence electrons. The molecule has 0 saturated carbocycles. The molecule has 8 nitrogen and oxygen atoms in total. The zero-order valence-corrected chi connectivity index (χ0v) is 22.5. The average Bonchev–Trinajstić information content (AvgIpc) is 3.52. The Morgan fingerprint density at radius 2 is 1.87 bits per heavy atom. The number of pyridine rings is 1. The molecule has 0 aliphatic carbocycles. The monoisotopic (exact) mass is 548 g/mol. The van der Waals surface area contributed by atoms with Crippen LogP contribution < -0.4 is 4.74 Å². The van der Waals surface area contributed by atoms with Gasteiger partial charge in [-0.2, -0.15) is 5.10 Å². The Morgan fingerprint density at radius 1 is 1.11 bits per heavy atom. The van der Waals surface area contributed by atoms with Crippen molar-refractivity contribution < 1.29 is 9.53 Å². The Bertz CT molecular complexity index is 1630. The molecule has 3 aromatic heterocycles. The zero-order valence-electron chi connectivity index (χ0n) is 21.0. The molecule has 1 atom stereocenters. The fourth-order valence-electron chi connectivity index (χ4n) is 5.29. The smallest absolute Gasteiger partial charge is 0.219 e. The highest BCUT2D eigenvalue weighted by molar-refractivity contribution is 6.35. The number of hydrogen-bond donors (Lipinski definition) is 1. The van der Waals surface area contributed by atoms with E-state index in [1.807, 2.05) is 36.4 Å². The maximum atomic E-state index is 11.7. The second kappa shape index (κ2) is 9.93. The second-order valence-electron chi connectivity index (χ2n) is 9.65. The van der Waals surface area contributed by atoms with Crippen molar-refractivity contribution in [3.8, 4) is 17.0 Å². The van der Waals surface area contributed by atoms with E-state index in [1.165, 1.54) is 0 Å². The predicted octanol–water partition coefficient (Wildman–Crippen LogP) is 6.60. The fourth-order valence-corrected chi connectivity index (χ4v) is 5.96. The van der Waals surface area contributed by atoms with Crippen LogP contribution in [0.15, 0.2) is 55.1 Å². The number of nitrogens with one attached hydrogen (secondary N) is 1. The average molecular weight is 549 g/mol. The number of fused-ring (bicyclic) bond motifs is 2. The molecular weight excluding hydrogens is 523 g/mol. The van der Waals surface area contributed by atoms with Gasteiger partial charge < -0.3 is 14.2 Å². The van der Waals surface area contributed by atoms with Gasteiger partial charge in [0.2, 0.25) is 5.91 Å². The van der Waals surface area contributed by atoms with Gasteiger partial charge in [-0.1, -0.05) is 29.3 Å². The molecule has 1 amide bonds. The quantitative estimate of drug-likeness (QED) is 0.267. The van der Waals surface area contributed by atoms with E-state index in [-0.39, 0.29) is 12.0 Å². The van der Waals surface area contributed by atoms with Crippen molar-refractivity contribution in [2.75, 3.05) is 13.1 Å². The number of aromatic nitrogens is 5. The van der Waals surface area contributed by atoms with Gasteiger partial charge >= 0.3 is 0 Å². The molecule has 1 fully saturated rings. The van der Waals surface area contributed by atoms with Crippen LogP contribution in [0.3, 0.4) is 0 Å². The number of piperidine rings is 1. The van der Waals surface area contributed by atoms with E-state index >= 15 is 0 Å². The summed E-state index contributed by atoms with van der Waals surface area (Å²) in [6.07, 6.45) is 6.52. The van der Waals surface area contributed by atoms with Gasteiger partial charge in [-0.15, -0.1) is 0 Å². The van der Waals surface area contributed by atoms with E-state index < -0.39 is 0 Å². The SMILES string of the molecule is CC(=O)N1CCC(n2cnc3cc(-c4n[nH]c5ccc(O[C@H](C)c6c(Cl)cncc6Cl)cc45)ccc32)CC1. The van der Waals surface area contributed by atoms with Crippen LogP contribution in [0.5, 0.6) is 5.75 Å². The molecule has 5 aromatic rings. The molecule has 2 aromatic carbocycles. The summed E-state index contributed by atoms with van der Waals surface area (Å²) < 4.78 is 8.45. The Kier molecular flexibility index (Phi) is 6.45. The number of imidazole rings is 1. The molecule has 1 N–H and O–H groups in total. The third kappa shape index (κ3) is 4.48. The highest BCUT2D eigenvalue weighted by atomic mass is 35.5. The summed E-state index contributed by atoms with van der Waals surface area (Å²) in [5.41, 5.74) is 5.39. The van der Waals surface area contributed by atoms with E-state index in [1.54, 1.807) is 19.3 Å². The maximum Gasteiger partial charge on any atom is 0.219 e. The number of nitrogens with zero attached hydrogens (tertiary/aromatic N) is 5. The van der Waals surface area contributed by atoms with Crippen LogP contribution in [0, 0.1) is 0 Å². The van der Waals surface area contributed by atoms with Crippen LogP contribution in [-0.2, 0) is 4.79 Å². The third-order valence-electron chi connectivity index (χ3n) is 7.30. The van der Waals surface area contributed by atoms with E-state index in [4.69, 9.17) is 32.9 Å². The van der Waals surface area contributed by atoms with Gasteiger partial charge in [0, 0.05) is 55.0 Å². The number of aromatic amines is 1. The maximum absolute atomic E-state index is 11.7. The van der Waals surface area contributed by atoms with Crippen LogP contribution in [0.25, 0.3) is 33.2 Å². The number of likely N-dealkylation sites (tertiary alicyclic amines) is 1. The predicted molar refractivity (Wildman–Crippen MR) is 149 cm³/mol. The summed E-state index contributed by atoms with van der Waals surface area (Å²) in [4.78, 5) is 22.3. The first-order chi connectivity index (χ1) is 18.4. The summed E-state index contributed by atoms with van der Waals surface area (Å²) in [6, 6.07) is 12.4. The van der Waals surface area contributed by atoms with E-state index in [2.05, 4.69) is 37.9 Å². The normalized spacial score (nSPS) is 15.3.